The van der Waals surface area contributed by atoms with Crippen molar-refractivity contribution in [1.29, 1.82) is 0 Å². The topological polar surface area (TPSA) is 57.8 Å². The van der Waals surface area contributed by atoms with Crippen molar-refractivity contribution in [3.63, 3.8) is 0 Å². The molecule has 0 aliphatic rings. The van der Waals surface area contributed by atoms with Gasteiger partial charge in [-0.25, -0.2) is 4.98 Å². The van der Waals surface area contributed by atoms with Crippen molar-refractivity contribution < 1.29 is 4.79 Å². The highest BCUT2D eigenvalue weighted by Gasteiger charge is 2.02. The molecule has 2 N–H and O–H groups in total. The van der Waals surface area contributed by atoms with Crippen molar-refractivity contribution >= 4 is 16.9 Å². The van der Waals surface area contributed by atoms with E-state index >= 15 is 0 Å². The molecule has 4 nitrogen and oxygen atoms in total. The number of hydrogen-bond donors (Lipinski definition) is 2. The number of aromatic nitrogens is 2. The zero-order valence-corrected chi connectivity index (χ0v) is 10.2. The van der Waals surface area contributed by atoms with Gasteiger partial charge in [-0.05, 0) is 31.0 Å². The van der Waals surface area contributed by atoms with Gasteiger partial charge in [-0.2, -0.15) is 0 Å². The van der Waals surface area contributed by atoms with Crippen molar-refractivity contribution in [1.82, 2.24) is 15.3 Å². The third-order valence-electron chi connectivity index (χ3n) is 2.63. The molecule has 1 aromatic heterocycles. The summed E-state index contributed by atoms with van der Waals surface area (Å²) in [5, 5.41) is 2.90. The summed E-state index contributed by atoms with van der Waals surface area (Å²) in [5.74, 6) is 1.01. The van der Waals surface area contributed by atoms with Gasteiger partial charge in [0.15, 0.2) is 0 Å². The average Bonchev–Trinajstić information content (AvgIpc) is 2.66. The SMILES string of the molecule is CCCC(=O)NCc1ccc2nc(C)[nH]c2c1. The Balaban J connectivity index is 2.06. The van der Waals surface area contributed by atoms with Gasteiger partial charge in [-0.3, -0.25) is 4.79 Å². The van der Waals surface area contributed by atoms with Crippen LogP contribution in [0.2, 0.25) is 0 Å². The fraction of sp³-hybridized carbons (Fsp3) is 0.385. The first-order valence-electron chi connectivity index (χ1n) is 5.91. The van der Waals surface area contributed by atoms with Gasteiger partial charge in [-0.1, -0.05) is 13.0 Å². The van der Waals surface area contributed by atoms with Crippen LogP contribution in [0.3, 0.4) is 0 Å². The Morgan fingerprint density at radius 2 is 2.29 bits per heavy atom. The number of hydrogen-bond acceptors (Lipinski definition) is 2. The Morgan fingerprint density at radius 1 is 1.47 bits per heavy atom. The molecule has 0 spiro atoms. The highest BCUT2D eigenvalue weighted by Crippen LogP contribution is 2.13. The molecule has 90 valence electrons. The summed E-state index contributed by atoms with van der Waals surface area (Å²) in [6.45, 7) is 4.51. The van der Waals surface area contributed by atoms with Crippen molar-refractivity contribution in [3.05, 3.63) is 29.6 Å². The van der Waals surface area contributed by atoms with Crippen LogP contribution in [0, 0.1) is 6.92 Å². The third-order valence-corrected chi connectivity index (χ3v) is 2.63. The second kappa shape index (κ2) is 4.99. The minimum Gasteiger partial charge on any atom is -0.352 e. The molecule has 0 aliphatic heterocycles. The number of aromatic amines is 1. The van der Waals surface area contributed by atoms with Crippen LogP contribution in [0.5, 0.6) is 0 Å². The van der Waals surface area contributed by atoms with Gasteiger partial charge in [0.2, 0.25) is 5.91 Å². The molecule has 2 rings (SSSR count). The molecule has 0 fully saturated rings. The summed E-state index contributed by atoms with van der Waals surface area (Å²) in [6, 6.07) is 6.00. The van der Waals surface area contributed by atoms with E-state index in [1.165, 1.54) is 0 Å². The number of nitrogens with zero attached hydrogens (tertiary/aromatic N) is 1. The first kappa shape index (κ1) is 11.6. The lowest BCUT2D eigenvalue weighted by molar-refractivity contribution is -0.121. The maximum absolute atomic E-state index is 11.4. The summed E-state index contributed by atoms with van der Waals surface area (Å²) in [7, 11) is 0. The largest absolute Gasteiger partial charge is 0.352 e. The van der Waals surface area contributed by atoms with E-state index in [1.54, 1.807) is 0 Å². The van der Waals surface area contributed by atoms with Crippen molar-refractivity contribution in [2.75, 3.05) is 0 Å². The molecule has 0 atom stereocenters. The lowest BCUT2D eigenvalue weighted by atomic mass is 10.2. The number of aryl methyl sites for hydroxylation is 1. The highest BCUT2D eigenvalue weighted by molar-refractivity contribution is 5.77. The fourth-order valence-electron chi connectivity index (χ4n) is 1.81. The van der Waals surface area contributed by atoms with E-state index in [9.17, 15) is 4.79 Å². The Kier molecular flexibility index (Phi) is 3.42. The van der Waals surface area contributed by atoms with Crippen LogP contribution in [-0.4, -0.2) is 15.9 Å². The Hall–Kier alpha value is -1.84. The molecule has 0 radical (unpaired) electrons. The van der Waals surface area contributed by atoms with E-state index in [1.807, 2.05) is 32.0 Å². The number of nitrogens with one attached hydrogen (secondary N) is 2. The molecular formula is C13H17N3O. The van der Waals surface area contributed by atoms with Crippen LogP contribution < -0.4 is 5.32 Å². The van der Waals surface area contributed by atoms with Crippen molar-refractivity contribution in [2.45, 2.75) is 33.2 Å². The predicted octanol–water partition coefficient (Wildman–Crippen LogP) is 2.29. The quantitative estimate of drug-likeness (QED) is 0.848. The second-order valence-corrected chi connectivity index (χ2v) is 4.20. The number of amides is 1. The number of benzene rings is 1. The van der Waals surface area contributed by atoms with Gasteiger partial charge in [0, 0.05) is 13.0 Å². The average molecular weight is 231 g/mol. The number of imidazole rings is 1. The number of carbonyl (C=O) groups excluding carboxylic acids is 1. The van der Waals surface area contributed by atoms with E-state index in [0.29, 0.717) is 13.0 Å². The van der Waals surface area contributed by atoms with Crippen LogP contribution in [0.15, 0.2) is 18.2 Å². The van der Waals surface area contributed by atoms with Crippen LogP contribution in [0.25, 0.3) is 11.0 Å². The zero-order valence-electron chi connectivity index (χ0n) is 10.2. The normalized spacial score (nSPS) is 10.7. The third kappa shape index (κ3) is 2.84. The molecule has 1 heterocycles. The molecule has 0 unspecified atom stereocenters. The molecular weight excluding hydrogens is 214 g/mol. The molecule has 17 heavy (non-hydrogen) atoms. The zero-order chi connectivity index (χ0) is 12.3. The predicted molar refractivity (Wildman–Crippen MR) is 67.6 cm³/mol. The van der Waals surface area contributed by atoms with Crippen molar-refractivity contribution in [2.24, 2.45) is 0 Å². The lowest BCUT2D eigenvalue weighted by Crippen LogP contribution is -2.21. The number of carbonyl (C=O) groups is 1. The summed E-state index contributed by atoms with van der Waals surface area (Å²) >= 11 is 0. The minimum atomic E-state index is 0.105. The van der Waals surface area contributed by atoms with Gasteiger partial charge in [-0.15, -0.1) is 0 Å². The first-order valence-corrected chi connectivity index (χ1v) is 5.91. The molecule has 4 heteroatoms. The summed E-state index contributed by atoms with van der Waals surface area (Å²) < 4.78 is 0. The van der Waals surface area contributed by atoms with Crippen LogP contribution in [0.4, 0.5) is 0 Å². The van der Waals surface area contributed by atoms with E-state index in [-0.39, 0.29) is 5.91 Å². The number of H-pyrrole nitrogens is 1. The van der Waals surface area contributed by atoms with E-state index < -0.39 is 0 Å². The molecule has 1 aromatic carbocycles. The molecule has 0 saturated carbocycles. The number of fused-ring (bicyclic) bond motifs is 1. The molecule has 0 saturated heterocycles. The number of rotatable bonds is 4. The first-order chi connectivity index (χ1) is 8.19. The van der Waals surface area contributed by atoms with Crippen LogP contribution in [-0.2, 0) is 11.3 Å². The van der Waals surface area contributed by atoms with E-state index in [0.717, 1.165) is 28.8 Å². The highest BCUT2D eigenvalue weighted by atomic mass is 16.1. The molecule has 0 bridgehead atoms. The summed E-state index contributed by atoms with van der Waals surface area (Å²) in [4.78, 5) is 18.9. The Labute approximate surface area is 100 Å². The van der Waals surface area contributed by atoms with E-state index in [2.05, 4.69) is 15.3 Å². The van der Waals surface area contributed by atoms with Gasteiger partial charge >= 0.3 is 0 Å². The summed E-state index contributed by atoms with van der Waals surface area (Å²) in [5.41, 5.74) is 3.07. The van der Waals surface area contributed by atoms with E-state index in [4.69, 9.17) is 0 Å². The molecule has 2 aromatic rings. The van der Waals surface area contributed by atoms with Gasteiger partial charge < -0.3 is 10.3 Å². The van der Waals surface area contributed by atoms with Crippen LogP contribution in [0.1, 0.15) is 31.2 Å². The standard InChI is InChI=1S/C13H17N3O/c1-3-4-13(17)14-8-10-5-6-11-12(7-10)16-9(2)15-11/h5-7H,3-4,8H2,1-2H3,(H,14,17)(H,15,16). The maximum atomic E-state index is 11.4. The summed E-state index contributed by atoms with van der Waals surface area (Å²) in [6.07, 6.45) is 1.47. The Morgan fingerprint density at radius 3 is 3.06 bits per heavy atom. The maximum Gasteiger partial charge on any atom is 0.220 e. The molecule has 0 aliphatic carbocycles. The van der Waals surface area contributed by atoms with Crippen LogP contribution >= 0.6 is 0 Å². The Bertz CT molecular complexity index is 530. The smallest absolute Gasteiger partial charge is 0.220 e. The lowest BCUT2D eigenvalue weighted by Gasteiger charge is -2.04. The fourth-order valence-corrected chi connectivity index (χ4v) is 1.81. The van der Waals surface area contributed by atoms with Gasteiger partial charge in [0.1, 0.15) is 5.82 Å². The molecule has 1 amide bonds. The van der Waals surface area contributed by atoms with Crippen molar-refractivity contribution in [3.8, 4) is 0 Å². The van der Waals surface area contributed by atoms with Gasteiger partial charge in [0.05, 0.1) is 11.0 Å². The minimum absolute atomic E-state index is 0.105. The monoisotopic (exact) mass is 231 g/mol. The van der Waals surface area contributed by atoms with Gasteiger partial charge in [0.25, 0.3) is 0 Å². The second-order valence-electron chi connectivity index (χ2n) is 4.20.